The number of ether oxygens (including phenoxy) is 1. The molecule has 0 aromatic heterocycles. The third-order valence-electron chi connectivity index (χ3n) is 5.67. The maximum atomic E-state index is 6.32. The van der Waals surface area contributed by atoms with Gasteiger partial charge >= 0.3 is 0 Å². The van der Waals surface area contributed by atoms with E-state index in [1.807, 2.05) is 0 Å². The molecule has 3 heteroatoms. The predicted octanol–water partition coefficient (Wildman–Crippen LogP) is 6.88. The van der Waals surface area contributed by atoms with Gasteiger partial charge in [-0.3, -0.25) is 0 Å². The van der Waals surface area contributed by atoms with E-state index in [1.165, 1.54) is 24.8 Å². The van der Waals surface area contributed by atoms with Crippen LogP contribution in [0.15, 0.2) is 23.8 Å². The van der Waals surface area contributed by atoms with E-state index < -0.39 is 8.32 Å². The fourth-order valence-corrected chi connectivity index (χ4v) is 3.98. The number of rotatable bonds is 9. The zero-order chi connectivity index (χ0) is 19.1. The molecule has 0 aliphatic carbocycles. The van der Waals surface area contributed by atoms with E-state index in [9.17, 15) is 0 Å². The van der Waals surface area contributed by atoms with Crippen molar-refractivity contribution in [1.82, 2.24) is 0 Å². The first-order chi connectivity index (χ1) is 11.5. The highest BCUT2D eigenvalue weighted by Crippen LogP contribution is 2.36. The number of allylic oxidation sites excluding steroid dienone is 2. The van der Waals surface area contributed by atoms with Gasteiger partial charge in [0.25, 0.3) is 0 Å². The van der Waals surface area contributed by atoms with Crippen LogP contribution >= 0.6 is 0 Å². The van der Waals surface area contributed by atoms with Crippen LogP contribution in [0.1, 0.15) is 73.6 Å². The van der Waals surface area contributed by atoms with Gasteiger partial charge in [0.1, 0.15) is 0 Å². The Labute approximate surface area is 158 Å². The zero-order valence-corrected chi connectivity index (χ0v) is 19.0. The van der Waals surface area contributed by atoms with Crippen molar-refractivity contribution in [1.29, 1.82) is 0 Å². The summed E-state index contributed by atoms with van der Waals surface area (Å²) in [4.78, 5) is 0. The molecule has 1 heterocycles. The van der Waals surface area contributed by atoms with Gasteiger partial charge in [0, 0.05) is 6.61 Å². The Kier molecular flexibility index (Phi) is 9.14. The monoisotopic (exact) mass is 366 g/mol. The molecule has 0 saturated carbocycles. The summed E-state index contributed by atoms with van der Waals surface area (Å²) in [6.45, 7) is 19.1. The summed E-state index contributed by atoms with van der Waals surface area (Å²) in [5.41, 5.74) is 1.42. The summed E-state index contributed by atoms with van der Waals surface area (Å²) in [5.74, 6) is 0.719. The van der Waals surface area contributed by atoms with Gasteiger partial charge in [-0.1, -0.05) is 51.5 Å². The Hall–Kier alpha value is -0.383. The Morgan fingerprint density at radius 3 is 2.60 bits per heavy atom. The molecular formula is C22H42O2Si. The third kappa shape index (κ3) is 8.70. The van der Waals surface area contributed by atoms with Gasteiger partial charge in [-0.15, -0.1) is 0 Å². The average Bonchev–Trinajstić information content (AvgIpc) is 2.45. The minimum Gasteiger partial charge on any atom is -0.417 e. The Balaban J connectivity index is 2.34. The molecule has 0 aromatic rings. The van der Waals surface area contributed by atoms with Crippen molar-refractivity contribution in [3.05, 3.63) is 23.8 Å². The van der Waals surface area contributed by atoms with Gasteiger partial charge in [-0.25, -0.2) is 0 Å². The topological polar surface area (TPSA) is 18.5 Å². The van der Waals surface area contributed by atoms with Gasteiger partial charge < -0.3 is 9.16 Å². The molecule has 2 nitrogen and oxygen atoms in total. The highest BCUT2D eigenvalue weighted by Gasteiger charge is 2.37. The average molecular weight is 367 g/mol. The molecule has 0 saturated heterocycles. The molecule has 1 aliphatic rings. The first-order valence-corrected chi connectivity index (χ1v) is 13.0. The molecule has 0 amide bonds. The summed E-state index contributed by atoms with van der Waals surface area (Å²) in [6.07, 6.45) is 13.2. The van der Waals surface area contributed by atoms with Crippen LogP contribution in [0.3, 0.4) is 0 Å². The van der Waals surface area contributed by atoms with Crippen LogP contribution in [0, 0.1) is 5.92 Å². The fourth-order valence-electron chi connectivity index (χ4n) is 2.92. The van der Waals surface area contributed by atoms with E-state index in [4.69, 9.17) is 9.16 Å². The fraction of sp³-hybridized carbons (Fsp3) is 0.818. The molecule has 0 bridgehead atoms. The Morgan fingerprint density at radius 2 is 2.00 bits per heavy atom. The Bertz CT molecular complexity index is 441. The van der Waals surface area contributed by atoms with Gasteiger partial charge in [-0.05, 0) is 70.0 Å². The van der Waals surface area contributed by atoms with Crippen LogP contribution in [0.4, 0.5) is 0 Å². The second-order valence-electron chi connectivity index (χ2n) is 9.56. The van der Waals surface area contributed by atoms with E-state index >= 15 is 0 Å². The van der Waals surface area contributed by atoms with E-state index in [0.29, 0.717) is 6.10 Å². The van der Waals surface area contributed by atoms with Crippen LogP contribution in [0.25, 0.3) is 0 Å². The smallest absolute Gasteiger partial charge is 0.191 e. The van der Waals surface area contributed by atoms with Gasteiger partial charge in [0.05, 0.1) is 12.2 Å². The molecule has 0 fully saturated rings. The van der Waals surface area contributed by atoms with Crippen molar-refractivity contribution in [2.75, 3.05) is 6.61 Å². The summed E-state index contributed by atoms with van der Waals surface area (Å²) >= 11 is 0. The molecule has 25 heavy (non-hydrogen) atoms. The number of hydrogen-bond acceptors (Lipinski definition) is 2. The molecule has 3 unspecified atom stereocenters. The SMILES string of the molecule is CC(C)=CCCC(C)CC1CC=CC(CCO[Si](C)(C)C(C)(C)C)O1. The van der Waals surface area contributed by atoms with Crippen molar-refractivity contribution in [3.8, 4) is 0 Å². The highest BCUT2D eigenvalue weighted by atomic mass is 28.4. The molecule has 0 spiro atoms. The van der Waals surface area contributed by atoms with Crippen LogP contribution < -0.4 is 0 Å². The van der Waals surface area contributed by atoms with E-state index in [2.05, 4.69) is 72.9 Å². The lowest BCUT2D eigenvalue weighted by molar-refractivity contribution is -0.0152. The molecular weight excluding hydrogens is 324 g/mol. The minimum atomic E-state index is -1.64. The Morgan fingerprint density at radius 1 is 1.32 bits per heavy atom. The molecule has 0 aromatic carbocycles. The van der Waals surface area contributed by atoms with Crippen molar-refractivity contribution < 1.29 is 9.16 Å². The minimum absolute atomic E-state index is 0.230. The lowest BCUT2D eigenvalue weighted by Gasteiger charge is -2.36. The van der Waals surface area contributed by atoms with Gasteiger partial charge in [0.2, 0.25) is 0 Å². The molecule has 0 N–H and O–H groups in total. The highest BCUT2D eigenvalue weighted by molar-refractivity contribution is 6.74. The van der Waals surface area contributed by atoms with E-state index in [-0.39, 0.29) is 11.1 Å². The molecule has 3 atom stereocenters. The summed E-state index contributed by atoms with van der Waals surface area (Å²) in [7, 11) is -1.64. The van der Waals surface area contributed by atoms with Gasteiger partial charge in [-0.2, -0.15) is 0 Å². The first-order valence-electron chi connectivity index (χ1n) is 10.1. The van der Waals surface area contributed by atoms with Crippen molar-refractivity contribution in [2.45, 2.75) is 104 Å². The van der Waals surface area contributed by atoms with Crippen LogP contribution in [-0.2, 0) is 9.16 Å². The summed E-state index contributed by atoms with van der Waals surface area (Å²) in [5, 5.41) is 0.277. The third-order valence-corrected chi connectivity index (χ3v) is 10.2. The maximum Gasteiger partial charge on any atom is 0.191 e. The summed E-state index contributed by atoms with van der Waals surface area (Å²) < 4.78 is 12.6. The molecule has 1 rings (SSSR count). The van der Waals surface area contributed by atoms with Crippen molar-refractivity contribution in [2.24, 2.45) is 5.92 Å². The van der Waals surface area contributed by atoms with E-state index in [1.54, 1.807) is 0 Å². The lowest BCUT2D eigenvalue weighted by Crippen LogP contribution is -2.41. The zero-order valence-electron chi connectivity index (χ0n) is 18.0. The van der Waals surface area contributed by atoms with E-state index in [0.717, 1.165) is 25.4 Å². The first kappa shape index (κ1) is 22.7. The second kappa shape index (κ2) is 10.1. The van der Waals surface area contributed by atoms with Crippen molar-refractivity contribution in [3.63, 3.8) is 0 Å². The van der Waals surface area contributed by atoms with Crippen molar-refractivity contribution >= 4 is 8.32 Å². The molecule has 146 valence electrons. The maximum absolute atomic E-state index is 6.32. The molecule has 1 aliphatic heterocycles. The molecule has 0 radical (unpaired) electrons. The van der Waals surface area contributed by atoms with Gasteiger partial charge in [0.15, 0.2) is 8.32 Å². The normalized spacial score (nSPS) is 22.7. The van der Waals surface area contributed by atoms with Crippen LogP contribution in [0.5, 0.6) is 0 Å². The largest absolute Gasteiger partial charge is 0.417 e. The van der Waals surface area contributed by atoms with Crippen LogP contribution in [-0.4, -0.2) is 27.1 Å². The summed E-state index contributed by atoms with van der Waals surface area (Å²) in [6, 6.07) is 0. The predicted molar refractivity (Wildman–Crippen MR) is 113 cm³/mol. The van der Waals surface area contributed by atoms with Crippen LogP contribution in [0.2, 0.25) is 18.1 Å². The second-order valence-corrected chi connectivity index (χ2v) is 14.4. The lowest BCUT2D eigenvalue weighted by atomic mass is 9.95. The number of hydrogen-bond donors (Lipinski definition) is 0. The quantitative estimate of drug-likeness (QED) is 0.327. The standard InChI is InChI=1S/C22H42O2Si/c1-18(2)11-9-12-19(3)17-21-14-10-13-20(24-21)15-16-23-25(7,8)22(4,5)6/h10-11,13,19-21H,9,12,14-17H2,1-8H3.